The van der Waals surface area contributed by atoms with Gasteiger partial charge in [-0.2, -0.15) is 0 Å². The predicted octanol–water partition coefficient (Wildman–Crippen LogP) is 17.4. The molecule has 0 unspecified atom stereocenters. The lowest BCUT2D eigenvalue weighted by molar-refractivity contribution is 0.660. The summed E-state index contributed by atoms with van der Waals surface area (Å²) in [6.07, 6.45) is 0. The SMILES string of the molecule is CC1(C)c2ccccc2-c2cc(N(c3ccc(-c4ccc5c(c4)C4(c6ccccc6-c6ccccc64)c4ccccc4-5)cc3)c3ccccc3-c3cccc4c3-c3ccccc3C4(C)C)ccc21. The van der Waals surface area contributed by atoms with Crippen LogP contribution < -0.4 is 4.90 Å². The van der Waals surface area contributed by atoms with Crippen molar-refractivity contribution in [3.8, 4) is 66.8 Å². The molecule has 1 spiro atoms. The first kappa shape index (κ1) is 39.2. The molecular formula is C67H49N. The van der Waals surface area contributed by atoms with Gasteiger partial charge < -0.3 is 4.90 Å². The van der Waals surface area contributed by atoms with Gasteiger partial charge in [-0.3, -0.25) is 0 Å². The molecule has 10 aromatic rings. The van der Waals surface area contributed by atoms with Gasteiger partial charge in [0.05, 0.1) is 11.1 Å². The zero-order valence-corrected chi connectivity index (χ0v) is 38.8. The van der Waals surface area contributed by atoms with Crippen molar-refractivity contribution < 1.29 is 0 Å². The first-order chi connectivity index (χ1) is 33.3. The minimum Gasteiger partial charge on any atom is -0.310 e. The van der Waals surface area contributed by atoms with Crippen molar-refractivity contribution in [1.82, 2.24) is 0 Å². The summed E-state index contributed by atoms with van der Waals surface area (Å²) in [5, 5.41) is 0. The average Bonchev–Trinajstić information content (AvgIpc) is 4.02. The molecule has 0 aromatic heterocycles. The predicted molar refractivity (Wildman–Crippen MR) is 283 cm³/mol. The van der Waals surface area contributed by atoms with E-state index in [2.05, 4.69) is 257 Å². The van der Waals surface area contributed by atoms with Crippen LogP contribution in [0.4, 0.5) is 17.1 Å². The van der Waals surface area contributed by atoms with Crippen LogP contribution in [0.3, 0.4) is 0 Å². The summed E-state index contributed by atoms with van der Waals surface area (Å²) in [6.45, 7) is 9.47. The summed E-state index contributed by atoms with van der Waals surface area (Å²) >= 11 is 0. The van der Waals surface area contributed by atoms with E-state index in [1.165, 1.54) is 111 Å². The lowest BCUT2D eigenvalue weighted by Gasteiger charge is -2.31. The van der Waals surface area contributed by atoms with E-state index in [1.54, 1.807) is 0 Å². The van der Waals surface area contributed by atoms with Crippen LogP contribution in [0, 0.1) is 0 Å². The lowest BCUT2D eigenvalue weighted by atomic mass is 9.70. The Labute approximate surface area is 399 Å². The highest BCUT2D eigenvalue weighted by atomic mass is 15.1. The highest BCUT2D eigenvalue weighted by molar-refractivity contribution is 6.00. The minimum atomic E-state index is -0.385. The molecule has 0 N–H and O–H groups in total. The molecule has 0 radical (unpaired) electrons. The molecule has 0 aliphatic heterocycles. The average molecular weight is 868 g/mol. The quantitative estimate of drug-likeness (QED) is 0.167. The maximum absolute atomic E-state index is 2.50. The number of anilines is 3. The number of rotatable bonds is 5. The first-order valence-corrected chi connectivity index (χ1v) is 24.2. The fourth-order valence-corrected chi connectivity index (χ4v) is 13.2. The summed E-state index contributed by atoms with van der Waals surface area (Å²) in [4.78, 5) is 2.50. The molecule has 10 aromatic carbocycles. The van der Waals surface area contributed by atoms with E-state index in [-0.39, 0.29) is 16.2 Å². The molecule has 4 aliphatic rings. The Morgan fingerprint density at radius 2 is 0.691 bits per heavy atom. The summed E-state index contributed by atoms with van der Waals surface area (Å²) < 4.78 is 0. The highest BCUT2D eigenvalue weighted by Gasteiger charge is 2.51. The van der Waals surface area contributed by atoms with E-state index in [0.717, 1.165) is 17.1 Å². The van der Waals surface area contributed by atoms with Gasteiger partial charge in [0.2, 0.25) is 0 Å². The highest BCUT2D eigenvalue weighted by Crippen LogP contribution is 2.63. The standard InChI is InChI=1S/C67H49N/c1-65(2)55-25-11-5-21-49(55)54-41-45(37-39-57(54)65)68(63-31-16-10-22-51(63)52-24-17-30-61-64(52)53-23-9-12-26-56(53)66(61,3)4)44-35-32-42(33-36-44)43-34-38-50-48-20-8-15-29-60(48)67(62(50)40-43)58-27-13-6-18-46(58)47-19-7-14-28-59(47)67/h5-41H,1-4H3. The molecule has 0 fully saturated rings. The monoisotopic (exact) mass is 867 g/mol. The van der Waals surface area contributed by atoms with Crippen molar-refractivity contribution in [2.75, 3.05) is 4.90 Å². The Bertz CT molecular complexity index is 3690. The van der Waals surface area contributed by atoms with E-state index in [9.17, 15) is 0 Å². The third kappa shape index (κ3) is 5.11. The molecule has 1 nitrogen and oxygen atoms in total. The first-order valence-electron chi connectivity index (χ1n) is 24.2. The normalized spacial score (nSPS) is 15.1. The van der Waals surface area contributed by atoms with Crippen LogP contribution in [0.25, 0.3) is 66.8 Å². The van der Waals surface area contributed by atoms with E-state index in [0.29, 0.717) is 0 Å². The molecule has 4 aliphatic carbocycles. The van der Waals surface area contributed by atoms with Crippen LogP contribution in [0.5, 0.6) is 0 Å². The smallest absolute Gasteiger partial charge is 0.0725 e. The molecule has 0 heterocycles. The van der Waals surface area contributed by atoms with E-state index in [1.807, 2.05) is 0 Å². The number of hydrogen-bond donors (Lipinski definition) is 0. The second kappa shape index (κ2) is 14.0. The fraction of sp³-hybridized carbons (Fsp3) is 0.104. The van der Waals surface area contributed by atoms with Gasteiger partial charge in [-0.05, 0) is 142 Å². The summed E-state index contributed by atoms with van der Waals surface area (Å²) in [7, 11) is 0. The molecular weight excluding hydrogens is 819 g/mol. The molecule has 1 heteroatoms. The van der Waals surface area contributed by atoms with Crippen molar-refractivity contribution in [1.29, 1.82) is 0 Å². The largest absolute Gasteiger partial charge is 0.310 e. The molecule has 68 heavy (non-hydrogen) atoms. The Hall–Kier alpha value is -8.00. The van der Waals surface area contributed by atoms with Crippen molar-refractivity contribution in [3.63, 3.8) is 0 Å². The van der Waals surface area contributed by atoms with E-state index in [4.69, 9.17) is 0 Å². The van der Waals surface area contributed by atoms with Crippen LogP contribution in [0.15, 0.2) is 224 Å². The second-order valence-electron chi connectivity index (χ2n) is 20.3. The maximum Gasteiger partial charge on any atom is 0.0725 e. The molecule has 0 bridgehead atoms. The Morgan fingerprint density at radius 3 is 1.32 bits per heavy atom. The van der Waals surface area contributed by atoms with Gasteiger partial charge in [0.15, 0.2) is 0 Å². The molecule has 0 saturated carbocycles. The summed E-state index contributed by atoms with van der Waals surface area (Å²) in [6, 6.07) is 84.8. The number of nitrogens with zero attached hydrogens (tertiary/aromatic N) is 1. The second-order valence-corrected chi connectivity index (χ2v) is 20.3. The molecule has 322 valence electrons. The van der Waals surface area contributed by atoms with E-state index >= 15 is 0 Å². The van der Waals surface area contributed by atoms with E-state index < -0.39 is 0 Å². The molecule has 0 saturated heterocycles. The van der Waals surface area contributed by atoms with Crippen LogP contribution >= 0.6 is 0 Å². The van der Waals surface area contributed by atoms with Gasteiger partial charge in [0.25, 0.3) is 0 Å². The zero-order valence-electron chi connectivity index (χ0n) is 38.8. The van der Waals surface area contributed by atoms with Gasteiger partial charge in [-0.1, -0.05) is 216 Å². The lowest BCUT2D eigenvalue weighted by Crippen LogP contribution is -2.25. The third-order valence-corrected chi connectivity index (χ3v) is 16.3. The van der Waals surface area contributed by atoms with Crippen molar-refractivity contribution in [2.24, 2.45) is 0 Å². The third-order valence-electron chi connectivity index (χ3n) is 16.3. The van der Waals surface area contributed by atoms with Crippen molar-refractivity contribution >= 4 is 17.1 Å². The Morgan fingerprint density at radius 1 is 0.265 bits per heavy atom. The Balaban J connectivity index is 0.945. The van der Waals surface area contributed by atoms with Crippen molar-refractivity contribution in [3.05, 3.63) is 269 Å². The van der Waals surface area contributed by atoms with Gasteiger partial charge in [0, 0.05) is 27.8 Å². The number of para-hydroxylation sites is 1. The molecule has 0 atom stereocenters. The van der Waals surface area contributed by atoms with Crippen LogP contribution in [-0.4, -0.2) is 0 Å². The number of hydrogen-bond acceptors (Lipinski definition) is 1. The molecule has 0 amide bonds. The van der Waals surface area contributed by atoms with Gasteiger partial charge in [-0.25, -0.2) is 0 Å². The van der Waals surface area contributed by atoms with Crippen LogP contribution in [0.2, 0.25) is 0 Å². The van der Waals surface area contributed by atoms with Crippen molar-refractivity contribution in [2.45, 2.75) is 43.9 Å². The van der Waals surface area contributed by atoms with Crippen LogP contribution in [0.1, 0.15) is 72.2 Å². The van der Waals surface area contributed by atoms with Gasteiger partial charge in [0.1, 0.15) is 0 Å². The van der Waals surface area contributed by atoms with Crippen LogP contribution in [-0.2, 0) is 16.2 Å². The molecule has 14 rings (SSSR count). The maximum atomic E-state index is 2.50. The number of benzene rings is 10. The topological polar surface area (TPSA) is 3.24 Å². The number of fused-ring (bicyclic) bond motifs is 16. The van der Waals surface area contributed by atoms with Gasteiger partial charge in [-0.15, -0.1) is 0 Å². The van der Waals surface area contributed by atoms with Gasteiger partial charge >= 0.3 is 0 Å². The zero-order chi connectivity index (χ0) is 45.5. The fourth-order valence-electron chi connectivity index (χ4n) is 13.2. The Kier molecular flexibility index (Phi) is 8.08. The summed E-state index contributed by atoms with van der Waals surface area (Å²) in [5.41, 5.74) is 29.3. The minimum absolute atomic E-state index is 0.0852. The summed E-state index contributed by atoms with van der Waals surface area (Å²) in [5.74, 6) is 0.